The lowest BCUT2D eigenvalue weighted by Gasteiger charge is -2.25. The van der Waals surface area contributed by atoms with Crippen LogP contribution in [0.15, 0.2) is 12.3 Å². The van der Waals surface area contributed by atoms with Gasteiger partial charge < -0.3 is 9.47 Å². The molecule has 0 saturated heterocycles. The van der Waals surface area contributed by atoms with E-state index >= 15 is 0 Å². The van der Waals surface area contributed by atoms with Crippen LogP contribution in [0.3, 0.4) is 0 Å². The van der Waals surface area contributed by atoms with E-state index in [0.717, 1.165) is 11.4 Å². The summed E-state index contributed by atoms with van der Waals surface area (Å²) >= 11 is 0. The van der Waals surface area contributed by atoms with Crippen molar-refractivity contribution in [1.82, 2.24) is 4.98 Å². The summed E-state index contributed by atoms with van der Waals surface area (Å²) in [6, 6.07) is 1.83. The van der Waals surface area contributed by atoms with E-state index in [1.807, 2.05) is 26.8 Å². The molecule has 1 aliphatic rings. The molecule has 0 N–H and O–H groups in total. The first kappa shape index (κ1) is 14.6. The SMILES string of the molecule is COc1cnc2c(c1)N(C(=O)OC(C)(C)C)CC2(C)C. The van der Waals surface area contributed by atoms with Gasteiger partial charge in [-0.1, -0.05) is 13.8 Å². The highest BCUT2D eigenvalue weighted by atomic mass is 16.6. The van der Waals surface area contributed by atoms with Crippen LogP contribution in [0.25, 0.3) is 0 Å². The molecule has 0 fully saturated rings. The third-order valence-electron chi connectivity index (χ3n) is 3.18. The van der Waals surface area contributed by atoms with Crippen molar-refractivity contribution in [3.63, 3.8) is 0 Å². The van der Waals surface area contributed by atoms with Crippen molar-refractivity contribution in [3.05, 3.63) is 18.0 Å². The van der Waals surface area contributed by atoms with Gasteiger partial charge in [-0.25, -0.2) is 4.79 Å². The van der Waals surface area contributed by atoms with Gasteiger partial charge in [0, 0.05) is 18.0 Å². The van der Waals surface area contributed by atoms with Crippen LogP contribution in [-0.4, -0.2) is 30.3 Å². The third-order valence-corrected chi connectivity index (χ3v) is 3.18. The molecule has 0 aromatic carbocycles. The van der Waals surface area contributed by atoms with E-state index in [4.69, 9.17) is 9.47 Å². The van der Waals surface area contributed by atoms with Crippen molar-refractivity contribution < 1.29 is 14.3 Å². The van der Waals surface area contributed by atoms with Crippen molar-refractivity contribution >= 4 is 11.8 Å². The molecule has 0 saturated carbocycles. The van der Waals surface area contributed by atoms with Crippen LogP contribution in [0, 0.1) is 0 Å². The number of methoxy groups -OCH3 is 1. The number of ether oxygens (including phenoxy) is 2. The van der Waals surface area contributed by atoms with Gasteiger partial charge in [-0.15, -0.1) is 0 Å². The van der Waals surface area contributed by atoms with E-state index < -0.39 is 5.60 Å². The molecular formula is C15H22N2O3. The minimum absolute atomic E-state index is 0.196. The minimum atomic E-state index is -0.518. The average Bonchev–Trinajstić information content (AvgIpc) is 2.59. The summed E-state index contributed by atoms with van der Waals surface area (Å²) in [6.45, 7) is 10.3. The van der Waals surface area contributed by atoms with Crippen LogP contribution in [-0.2, 0) is 10.2 Å². The Kier molecular flexibility index (Phi) is 3.40. The van der Waals surface area contributed by atoms with E-state index in [-0.39, 0.29) is 11.5 Å². The second-order valence-corrected chi connectivity index (χ2v) is 6.69. The molecule has 0 unspecified atom stereocenters. The van der Waals surface area contributed by atoms with Crippen molar-refractivity contribution in [3.8, 4) is 5.75 Å². The number of hydrogen-bond donors (Lipinski definition) is 0. The molecule has 2 heterocycles. The van der Waals surface area contributed by atoms with Crippen LogP contribution < -0.4 is 9.64 Å². The predicted molar refractivity (Wildman–Crippen MR) is 77.4 cm³/mol. The molecule has 0 aliphatic carbocycles. The largest absolute Gasteiger partial charge is 0.495 e. The molecule has 1 aromatic rings. The lowest BCUT2D eigenvalue weighted by atomic mass is 9.91. The quantitative estimate of drug-likeness (QED) is 0.792. The van der Waals surface area contributed by atoms with Gasteiger partial charge in [0.15, 0.2) is 0 Å². The van der Waals surface area contributed by atoms with Crippen LogP contribution in [0.4, 0.5) is 10.5 Å². The number of carbonyl (C=O) groups excluding carboxylic acids is 1. The second kappa shape index (κ2) is 4.65. The summed E-state index contributed by atoms with van der Waals surface area (Å²) in [7, 11) is 1.58. The van der Waals surface area contributed by atoms with E-state index in [0.29, 0.717) is 12.3 Å². The summed E-state index contributed by atoms with van der Waals surface area (Å²) in [4.78, 5) is 18.4. The highest BCUT2D eigenvalue weighted by Gasteiger charge is 2.41. The lowest BCUT2D eigenvalue weighted by Crippen LogP contribution is -2.38. The van der Waals surface area contributed by atoms with Crippen LogP contribution in [0.5, 0.6) is 5.75 Å². The summed E-state index contributed by atoms with van der Waals surface area (Å²) in [6.07, 6.45) is 1.33. The first-order valence-corrected chi connectivity index (χ1v) is 6.69. The van der Waals surface area contributed by atoms with E-state index in [1.165, 1.54) is 0 Å². The van der Waals surface area contributed by atoms with Crippen LogP contribution in [0.2, 0.25) is 0 Å². The highest BCUT2D eigenvalue weighted by molar-refractivity contribution is 5.91. The summed E-state index contributed by atoms with van der Waals surface area (Å²) in [5.41, 5.74) is 0.946. The summed E-state index contributed by atoms with van der Waals surface area (Å²) in [5, 5.41) is 0. The topological polar surface area (TPSA) is 51.7 Å². The van der Waals surface area contributed by atoms with Gasteiger partial charge in [-0.05, 0) is 20.8 Å². The summed E-state index contributed by atoms with van der Waals surface area (Å²) in [5.74, 6) is 0.634. The van der Waals surface area contributed by atoms with Gasteiger partial charge in [0.05, 0.1) is 24.7 Å². The number of carbonyl (C=O) groups is 1. The number of anilines is 1. The number of pyridine rings is 1. The molecule has 0 spiro atoms. The molecule has 1 amide bonds. The Hall–Kier alpha value is -1.78. The van der Waals surface area contributed by atoms with Gasteiger partial charge in [0.25, 0.3) is 0 Å². The Morgan fingerprint density at radius 3 is 2.60 bits per heavy atom. The van der Waals surface area contributed by atoms with Crippen molar-refractivity contribution in [2.24, 2.45) is 0 Å². The van der Waals surface area contributed by atoms with Gasteiger partial charge in [0.2, 0.25) is 0 Å². The molecule has 2 rings (SSSR count). The third kappa shape index (κ3) is 2.71. The molecule has 5 nitrogen and oxygen atoms in total. The molecule has 0 atom stereocenters. The number of nitrogens with zero attached hydrogens (tertiary/aromatic N) is 2. The molecule has 0 bridgehead atoms. The van der Waals surface area contributed by atoms with E-state index in [1.54, 1.807) is 18.2 Å². The Morgan fingerprint density at radius 2 is 2.05 bits per heavy atom. The van der Waals surface area contributed by atoms with Crippen molar-refractivity contribution in [2.45, 2.75) is 45.6 Å². The predicted octanol–water partition coefficient (Wildman–Crippen LogP) is 3.12. The van der Waals surface area contributed by atoms with Crippen LogP contribution in [0.1, 0.15) is 40.3 Å². The molecule has 1 aliphatic heterocycles. The Balaban J connectivity index is 2.38. The zero-order valence-electron chi connectivity index (χ0n) is 13.0. The fraction of sp³-hybridized carbons (Fsp3) is 0.600. The normalized spacial score (nSPS) is 16.8. The first-order valence-electron chi connectivity index (χ1n) is 6.69. The first-order chi connectivity index (χ1) is 9.14. The van der Waals surface area contributed by atoms with Gasteiger partial charge in [-0.2, -0.15) is 0 Å². The van der Waals surface area contributed by atoms with Gasteiger partial charge in [-0.3, -0.25) is 9.88 Å². The van der Waals surface area contributed by atoms with Gasteiger partial charge >= 0.3 is 6.09 Å². The lowest BCUT2D eigenvalue weighted by molar-refractivity contribution is 0.0579. The fourth-order valence-corrected chi connectivity index (χ4v) is 2.31. The van der Waals surface area contributed by atoms with Crippen molar-refractivity contribution in [1.29, 1.82) is 0 Å². The van der Waals surface area contributed by atoms with E-state index in [2.05, 4.69) is 18.8 Å². The highest BCUT2D eigenvalue weighted by Crippen LogP contribution is 2.41. The molecule has 110 valence electrons. The average molecular weight is 278 g/mol. The Bertz CT molecular complexity index is 532. The maximum atomic E-state index is 12.3. The van der Waals surface area contributed by atoms with Crippen LogP contribution >= 0.6 is 0 Å². The van der Waals surface area contributed by atoms with E-state index in [9.17, 15) is 4.79 Å². The maximum absolute atomic E-state index is 12.3. The maximum Gasteiger partial charge on any atom is 0.414 e. The number of hydrogen-bond acceptors (Lipinski definition) is 4. The number of fused-ring (bicyclic) bond motifs is 1. The number of rotatable bonds is 1. The second-order valence-electron chi connectivity index (χ2n) is 6.69. The standard InChI is InChI=1S/C15H22N2O3/c1-14(2,3)20-13(18)17-9-15(4,5)12-11(17)7-10(19-6)8-16-12/h7-8H,9H2,1-6H3. The molecule has 20 heavy (non-hydrogen) atoms. The molecule has 0 radical (unpaired) electrons. The fourth-order valence-electron chi connectivity index (χ4n) is 2.31. The smallest absolute Gasteiger partial charge is 0.414 e. The monoisotopic (exact) mass is 278 g/mol. The Morgan fingerprint density at radius 1 is 1.40 bits per heavy atom. The minimum Gasteiger partial charge on any atom is -0.495 e. The zero-order valence-corrected chi connectivity index (χ0v) is 13.0. The van der Waals surface area contributed by atoms with Gasteiger partial charge in [0.1, 0.15) is 11.4 Å². The Labute approximate surface area is 119 Å². The summed E-state index contributed by atoms with van der Waals surface area (Å²) < 4.78 is 10.7. The molecule has 5 heteroatoms. The molecular weight excluding hydrogens is 256 g/mol. The number of aromatic nitrogens is 1. The molecule has 1 aromatic heterocycles. The van der Waals surface area contributed by atoms with Crippen molar-refractivity contribution in [2.75, 3.05) is 18.6 Å². The zero-order chi connectivity index (χ0) is 15.1. The number of amides is 1.